The van der Waals surface area contributed by atoms with Crippen molar-refractivity contribution in [3.63, 3.8) is 0 Å². The molecule has 0 N–H and O–H groups in total. The Morgan fingerprint density at radius 1 is 0.392 bits per heavy atom. The van der Waals surface area contributed by atoms with Gasteiger partial charge in [0.2, 0.25) is 0 Å². The van der Waals surface area contributed by atoms with Gasteiger partial charge in [0.05, 0.1) is 5.54 Å². The van der Waals surface area contributed by atoms with Gasteiger partial charge >= 0.3 is 0 Å². The van der Waals surface area contributed by atoms with Crippen LogP contribution >= 0.6 is 0 Å². The van der Waals surface area contributed by atoms with Gasteiger partial charge in [-0.05, 0) is 243 Å². The second-order valence-corrected chi connectivity index (χ2v) is 28.5. The lowest BCUT2D eigenvalue weighted by molar-refractivity contribution is 0.195. The van der Waals surface area contributed by atoms with E-state index >= 15 is 0 Å². The lowest BCUT2D eigenvalue weighted by Crippen LogP contribution is -2.62. The van der Waals surface area contributed by atoms with Crippen LogP contribution < -0.4 is 31.1 Å². The second kappa shape index (κ2) is 14.9. The highest BCUT2D eigenvalue weighted by atomic mass is 15.3. The van der Waals surface area contributed by atoms with Crippen LogP contribution in [0.1, 0.15) is 145 Å². The van der Waals surface area contributed by atoms with E-state index in [9.17, 15) is 0 Å². The molecule has 1 aromatic heterocycles. The molecule has 0 saturated heterocycles. The van der Waals surface area contributed by atoms with Gasteiger partial charge in [-0.15, -0.1) is 0 Å². The molecule has 15 rings (SSSR count). The molecule has 4 heterocycles. The Labute approximate surface area is 441 Å². The minimum atomic E-state index is -0.142. The summed E-state index contributed by atoms with van der Waals surface area (Å²) in [6.07, 6.45) is 17.6. The van der Waals surface area contributed by atoms with E-state index in [1.165, 1.54) is 131 Å². The Kier molecular flexibility index (Phi) is 9.10. The van der Waals surface area contributed by atoms with Crippen molar-refractivity contribution in [2.24, 2.45) is 21.7 Å². The predicted molar refractivity (Wildman–Crippen MR) is 311 cm³/mol. The van der Waals surface area contributed by atoms with Crippen molar-refractivity contribution in [3.05, 3.63) is 166 Å². The first-order chi connectivity index (χ1) is 35.2. The minimum Gasteiger partial charge on any atom is -0.334 e. The van der Waals surface area contributed by atoms with Crippen LogP contribution in [0.5, 0.6) is 0 Å². The molecule has 0 radical (unpaired) electrons. The summed E-state index contributed by atoms with van der Waals surface area (Å²) in [5.74, 6) is 0. The number of pyridine rings is 1. The van der Waals surface area contributed by atoms with Gasteiger partial charge in [-0.2, -0.15) is 0 Å². The van der Waals surface area contributed by atoms with Gasteiger partial charge in [-0.25, -0.2) is 0 Å². The average Bonchev–Trinajstić information content (AvgIpc) is 4.18. The zero-order valence-electron chi connectivity index (χ0n) is 45.8. The molecular weight excluding hydrogens is 896 g/mol. The summed E-state index contributed by atoms with van der Waals surface area (Å²) in [5.41, 5.74) is 32.0. The van der Waals surface area contributed by atoms with Gasteiger partial charge in [-0.3, -0.25) is 4.98 Å². The molecule has 0 spiro atoms. The summed E-state index contributed by atoms with van der Waals surface area (Å²) >= 11 is 0. The Morgan fingerprint density at radius 2 is 0.851 bits per heavy atom. The molecule has 1 fully saturated rings. The number of aromatic nitrogens is 1. The van der Waals surface area contributed by atoms with Gasteiger partial charge in [-0.1, -0.05) is 105 Å². The van der Waals surface area contributed by atoms with Crippen molar-refractivity contribution in [1.29, 1.82) is 0 Å². The van der Waals surface area contributed by atoms with Crippen LogP contribution in [0.2, 0.25) is 0 Å². The molecule has 0 bridgehead atoms. The molecule has 0 amide bonds. The molecule has 3 aliphatic heterocycles. The first-order valence-electron chi connectivity index (χ1n) is 28.4. The molecule has 5 heteroatoms. The monoisotopic (exact) mass is 969 g/mol. The molecule has 8 aliphatic rings. The molecule has 5 aliphatic carbocycles. The van der Waals surface area contributed by atoms with Crippen molar-refractivity contribution in [2.75, 3.05) is 14.7 Å². The van der Waals surface area contributed by atoms with Crippen LogP contribution in [-0.2, 0) is 56.8 Å². The van der Waals surface area contributed by atoms with E-state index in [2.05, 4.69) is 192 Å². The molecule has 2 atom stereocenters. The molecule has 4 nitrogen and oxygen atoms in total. The van der Waals surface area contributed by atoms with Gasteiger partial charge < -0.3 is 14.7 Å². The minimum absolute atomic E-state index is 0.0435. The summed E-state index contributed by atoms with van der Waals surface area (Å²) in [7, 11) is 0. The summed E-state index contributed by atoms with van der Waals surface area (Å²) in [5, 5.41) is 0. The third-order valence-electron chi connectivity index (χ3n) is 20.3. The predicted octanol–water partition coefficient (Wildman–Crippen LogP) is 15.1. The van der Waals surface area contributed by atoms with E-state index in [0.717, 1.165) is 57.8 Å². The Morgan fingerprint density at radius 3 is 1.36 bits per heavy atom. The van der Waals surface area contributed by atoms with E-state index in [0.29, 0.717) is 0 Å². The van der Waals surface area contributed by atoms with Crippen molar-refractivity contribution < 1.29 is 0 Å². The highest BCUT2D eigenvalue weighted by Gasteiger charge is 2.58. The lowest BCUT2D eigenvalue weighted by atomic mass is 9.33. The van der Waals surface area contributed by atoms with E-state index in [1.54, 1.807) is 11.1 Å². The first-order valence-corrected chi connectivity index (χ1v) is 28.4. The van der Waals surface area contributed by atoms with Crippen LogP contribution in [0.15, 0.2) is 116 Å². The summed E-state index contributed by atoms with van der Waals surface area (Å²) < 4.78 is 0. The van der Waals surface area contributed by atoms with Gasteiger partial charge in [0, 0.05) is 63.3 Å². The number of fused-ring (bicyclic) bond motifs is 11. The molecule has 372 valence electrons. The molecule has 2 unspecified atom stereocenters. The fraction of sp³-hybridized carbons (Fsp3) is 0.406. The largest absolute Gasteiger partial charge is 0.334 e. The SMILES string of the molecule is CC1(C)Cc2ccc(N3c4cc5c(cc4B4c6cc7c(cc6N(c6ccc8c(c6)CC(C)(C)C8)c6cc(N8c9ccc(-c%10ccncc%10)cc9C9(C)CCCCC89C)cc3c64)CC(C)(C)C7)CC(C)(C)C5)cc2C1. The van der Waals surface area contributed by atoms with E-state index < -0.39 is 0 Å². The molecular formula is C69H73BN4. The lowest BCUT2D eigenvalue weighted by Gasteiger charge is -2.51. The molecule has 1 saturated carbocycles. The smallest absolute Gasteiger partial charge is 0.252 e. The highest BCUT2D eigenvalue weighted by Crippen LogP contribution is 2.62. The zero-order valence-corrected chi connectivity index (χ0v) is 45.8. The van der Waals surface area contributed by atoms with Gasteiger partial charge in [0.1, 0.15) is 0 Å². The first kappa shape index (κ1) is 45.3. The van der Waals surface area contributed by atoms with Gasteiger partial charge in [0.15, 0.2) is 0 Å². The Bertz CT molecular complexity index is 3430. The fourth-order valence-electron chi connectivity index (χ4n) is 17.0. The molecule has 6 aromatic carbocycles. The standard InChI is InChI=1S/C69H73BN4/c1-64(2)34-44-13-16-52(25-46(44)36-64)72-59-30-50-40-66(5,6)38-48(50)28-56(59)70-57-29-49-39-67(7,8)41-51(49)31-60(57)73(53-17-14-45-35-65(3,4)37-47(45)26-53)62-33-54(32-61(72)63(62)70)74-58-18-15-43(42-19-23-71-24-20-42)27-55(58)68(9)21-11-12-22-69(68,74)10/h13-20,23-33H,11-12,21-22,34-41H2,1-10H3. The zero-order chi connectivity index (χ0) is 50.6. The van der Waals surface area contributed by atoms with Crippen LogP contribution in [0.4, 0.5) is 45.5 Å². The average molecular weight is 969 g/mol. The highest BCUT2D eigenvalue weighted by molar-refractivity contribution is 7.00. The number of anilines is 8. The van der Waals surface area contributed by atoms with Crippen molar-refractivity contribution in [2.45, 2.75) is 157 Å². The summed E-state index contributed by atoms with van der Waals surface area (Å²) in [6, 6.07) is 43.0. The van der Waals surface area contributed by atoms with Crippen molar-refractivity contribution in [3.8, 4) is 11.1 Å². The number of nitrogens with zero attached hydrogens (tertiary/aromatic N) is 4. The molecule has 7 aromatic rings. The van der Waals surface area contributed by atoms with Gasteiger partial charge in [0.25, 0.3) is 6.71 Å². The number of hydrogen-bond donors (Lipinski definition) is 0. The Hall–Kier alpha value is -6.07. The number of benzene rings is 6. The Balaban J connectivity index is 1.05. The van der Waals surface area contributed by atoms with Crippen molar-refractivity contribution >= 4 is 68.6 Å². The maximum Gasteiger partial charge on any atom is 0.252 e. The molecule has 74 heavy (non-hydrogen) atoms. The van der Waals surface area contributed by atoms with Crippen LogP contribution in [0, 0.1) is 21.7 Å². The number of rotatable bonds is 4. The maximum absolute atomic E-state index is 4.41. The third-order valence-corrected chi connectivity index (χ3v) is 20.3. The van der Waals surface area contributed by atoms with Crippen LogP contribution in [-0.4, -0.2) is 17.2 Å². The van der Waals surface area contributed by atoms with Crippen LogP contribution in [0.3, 0.4) is 0 Å². The van der Waals surface area contributed by atoms with E-state index in [1.807, 2.05) is 12.4 Å². The van der Waals surface area contributed by atoms with Crippen LogP contribution in [0.25, 0.3) is 11.1 Å². The maximum atomic E-state index is 4.41. The summed E-state index contributed by atoms with van der Waals surface area (Å²) in [4.78, 5) is 12.8. The normalized spacial score (nSPS) is 24.1. The van der Waals surface area contributed by atoms with E-state index in [4.69, 9.17) is 0 Å². The number of hydrogen-bond acceptors (Lipinski definition) is 4. The van der Waals surface area contributed by atoms with Crippen molar-refractivity contribution in [1.82, 2.24) is 4.98 Å². The van der Waals surface area contributed by atoms with E-state index in [-0.39, 0.29) is 39.3 Å². The third kappa shape index (κ3) is 6.49. The quantitative estimate of drug-likeness (QED) is 0.164. The summed E-state index contributed by atoms with van der Waals surface area (Å²) in [6.45, 7) is 25.0. The fourth-order valence-corrected chi connectivity index (χ4v) is 17.0. The topological polar surface area (TPSA) is 22.6 Å². The second-order valence-electron chi connectivity index (χ2n) is 28.5.